The second-order valence-corrected chi connectivity index (χ2v) is 10.4. The van der Waals surface area contributed by atoms with E-state index in [-0.39, 0.29) is 4.90 Å². The molecule has 0 atom stereocenters. The maximum Gasteiger partial charge on any atom is 0.243 e. The first-order valence-corrected chi connectivity index (χ1v) is 12.6. The van der Waals surface area contributed by atoms with Gasteiger partial charge >= 0.3 is 0 Å². The Morgan fingerprint density at radius 1 is 1.00 bits per heavy atom. The van der Waals surface area contributed by atoms with Crippen LogP contribution in [0.15, 0.2) is 53.4 Å². The lowest BCUT2D eigenvalue weighted by molar-refractivity contribution is 0.383. The fourth-order valence-electron chi connectivity index (χ4n) is 4.07. The van der Waals surface area contributed by atoms with Crippen molar-refractivity contribution in [1.29, 1.82) is 0 Å². The predicted octanol–water partition coefficient (Wildman–Crippen LogP) is 3.86. The number of ether oxygens (including phenoxy) is 1. The Hall–Kier alpha value is -2.68. The predicted molar refractivity (Wildman–Crippen MR) is 130 cm³/mol. The lowest BCUT2D eigenvalue weighted by atomic mass is 10.0. The lowest BCUT2D eigenvalue weighted by Crippen LogP contribution is -2.49. The number of piperazine rings is 1. The fraction of sp³-hybridized carbons (Fsp3) is 0.333. The third-order valence-electron chi connectivity index (χ3n) is 5.81. The highest BCUT2D eigenvalue weighted by Crippen LogP contribution is 2.27. The van der Waals surface area contributed by atoms with Crippen LogP contribution in [0.2, 0.25) is 5.02 Å². The summed E-state index contributed by atoms with van der Waals surface area (Å²) in [6, 6.07) is 14.3. The van der Waals surface area contributed by atoms with Crippen molar-refractivity contribution in [2.75, 3.05) is 38.2 Å². The summed E-state index contributed by atoms with van der Waals surface area (Å²) in [5.41, 5.74) is 3.08. The van der Waals surface area contributed by atoms with Gasteiger partial charge < -0.3 is 9.64 Å². The van der Waals surface area contributed by atoms with Gasteiger partial charge in [0.1, 0.15) is 17.4 Å². The second-order valence-electron chi connectivity index (χ2n) is 8.03. The SMILES string of the molecule is COc1cccc(Cc2c(C)nc(C)nc2N2CCN(S(=O)(=O)c3ccc(Cl)cc3)CC2)c1. The van der Waals surface area contributed by atoms with Crippen molar-refractivity contribution in [2.45, 2.75) is 25.2 Å². The van der Waals surface area contributed by atoms with Gasteiger partial charge in [0.15, 0.2) is 0 Å². The Morgan fingerprint density at radius 2 is 1.70 bits per heavy atom. The van der Waals surface area contributed by atoms with E-state index in [0.29, 0.717) is 43.4 Å². The quantitative estimate of drug-likeness (QED) is 0.526. The molecular weight excluding hydrogens is 460 g/mol. The van der Waals surface area contributed by atoms with Gasteiger partial charge in [-0.2, -0.15) is 4.31 Å². The minimum absolute atomic E-state index is 0.257. The Balaban J connectivity index is 1.56. The molecular formula is C24H27ClN4O3S. The minimum atomic E-state index is -3.57. The summed E-state index contributed by atoms with van der Waals surface area (Å²) >= 11 is 5.92. The normalized spacial score (nSPS) is 15.0. The van der Waals surface area contributed by atoms with Gasteiger partial charge in [-0.25, -0.2) is 18.4 Å². The molecule has 0 N–H and O–H groups in total. The highest BCUT2D eigenvalue weighted by Gasteiger charge is 2.30. The van der Waals surface area contributed by atoms with Crippen LogP contribution in [0.4, 0.5) is 5.82 Å². The molecule has 174 valence electrons. The number of rotatable bonds is 6. The van der Waals surface area contributed by atoms with Crippen molar-refractivity contribution in [1.82, 2.24) is 14.3 Å². The molecule has 1 saturated heterocycles. The molecule has 0 bridgehead atoms. The summed E-state index contributed by atoms with van der Waals surface area (Å²) in [6.45, 7) is 5.74. The van der Waals surface area contributed by atoms with Gasteiger partial charge in [0, 0.05) is 48.9 Å². The maximum atomic E-state index is 13.0. The van der Waals surface area contributed by atoms with Gasteiger partial charge in [0.05, 0.1) is 12.0 Å². The summed E-state index contributed by atoms with van der Waals surface area (Å²) < 4.78 is 33.0. The molecule has 1 fully saturated rings. The van der Waals surface area contributed by atoms with E-state index in [1.54, 1.807) is 31.4 Å². The smallest absolute Gasteiger partial charge is 0.243 e. The minimum Gasteiger partial charge on any atom is -0.497 e. The number of hydrogen-bond acceptors (Lipinski definition) is 6. The van der Waals surface area contributed by atoms with E-state index >= 15 is 0 Å². The zero-order valence-electron chi connectivity index (χ0n) is 19.0. The second kappa shape index (κ2) is 9.67. The molecule has 1 aliphatic heterocycles. The Bertz CT molecular complexity index is 1240. The zero-order chi connectivity index (χ0) is 23.6. The third-order valence-corrected chi connectivity index (χ3v) is 7.97. The van der Waals surface area contributed by atoms with E-state index in [1.165, 1.54) is 4.31 Å². The van der Waals surface area contributed by atoms with E-state index in [9.17, 15) is 8.42 Å². The average Bonchev–Trinajstić information content (AvgIpc) is 2.81. The summed E-state index contributed by atoms with van der Waals surface area (Å²) in [7, 11) is -1.91. The van der Waals surface area contributed by atoms with E-state index in [0.717, 1.165) is 28.4 Å². The first-order valence-electron chi connectivity index (χ1n) is 10.8. The zero-order valence-corrected chi connectivity index (χ0v) is 20.5. The van der Waals surface area contributed by atoms with Crippen molar-refractivity contribution in [3.63, 3.8) is 0 Å². The number of methoxy groups -OCH3 is 1. The van der Waals surface area contributed by atoms with Crippen molar-refractivity contribution >= 4 is 27.4 Å². The molecule has 4 rings (SSSR count). The number of aromatic nitrogens is 2. The van der Waals surface area contributed by atoms with E-state index in [4.69, 9.17) is 21.3 Å². The Labute approximate surface area is 200 Å². The van der Waals surface area contributed by atoms with Gasteiger partial charge in [-0.1, -0.05) is 23.7 Å². The monoisotopic (exact) mass is 486 g/mol. The van der Waals surface area contributed by atoms with Crippen LogP contribution in [0.3, 0.4) is 0 Å². The number of aryl methyl sites for hydroxylation is 2. The highest BCUT2D eigenvalue weighted by molar-refractivity contribution is 7.89. The van der Waals surface area contributed by atoms with Crippen molar-refractivity contribution < 1.29 is 13.2 Å². The van der Waals surface area contributed by atoms with Gasteiger partial charge in [-0.15, -0.1) is 0 Å². The first kappa shape index (κ1) is 23.5. The van der Waals surface area contributed by atoms with Crippen LogP contribution in [0.1, 0.15) is 22.6 Å². The van der Waals surface area contributed by atoms with Gasteiger partial charge in [0.25, 0.3) is 0 Å². The van der Waals surface area contributed by atoms with Crippen LogP contribution >= 0.6 is 11.6 Å². The molecule has 1 aromatic heterocycles. The number of nitrogens with zero attached hydrogens (tertiary/aromatic N) is 4. The topological polar surface area (TPSA) is 75.6 Å². The molecule has 0 saturated carbocycles. The molecule has 0 radical (unpaired) electrons. The van der Waals surface area contributed by atoms with Crippen LogP contribution < -0.4 is 9.64 Å². The Morgan fingerprint density at radius 3 is 2.36 bits per heavy atom. The Kier molecular flexibility index (Phi) is 6.88. The molecule has 7 nitrogen and oxygen atoms in total. The van der Waals surface area contributed by atoms with Gasteiger partial charge in [-0.05, 0) is 55.8 Å². The third kappa shape index (κ3) is 5.13. The summed E-state index contributed by atoms with van der Waals surface area (Å²) in [5.74, 6) is 2.38. The molecule has 0 unspecified atom stereocenters. The van der Waals surface area contributed by atoms with Crippen LogP contribution in [0.25, 0.3) is 0 Å². The van der Waals surface area contributed by atoms with E-state index in [1.807, 2.05) is 32.0 Å². The molecule has 0 amide bonds. The standard InChI is InChI=1S/C24H27ClN4O3S/c1-17-23(16-19-5-4-6-21(15-19)32-3)24(27-18(2)26-17)28-11-13-29(14-12-28)33(30,31)22-9-7-20(25)8-10-22/h4-10,15H,11-14,16H2,1-3H3. The highest BCUT2D eigenvalue weighted by atomic mass is 35.5. The molecule has 3 aromatic rings. The van der Waals surface area contributed by atoms with Crippen molar-refractivity contribution in [3.05, 3.63) is 76.2 Å². The van der Waals surface area contributed by atoms with E-state index in [2.05, 4.69) is 16.0 Å². The number of halogens is 1. The van der Waals surface area contributed by atoms with Crippen LogP contribution in [0, 0.1) is 13.8 Å². The lowest BCUT2D eigenvalue weighted by Gasteiger charge is -2.36. The average molecular weight is 487 g/mol. The molecule has 0 aliphatic carbocycles. The number of hydrogen-bond donors (Lipinski definition) is 0. The van der Waals surface area contributed by atoms with E-state index < -0.39 is 10.0 Å². The number of sulfonamides is 1. The van der Waals surface area contributed by atoms with Crippen molar-refractivity contribution in [3.8, 4) is 5.75 Å². The summed E-state index contributed by atoms with van der Waals surface area (Å²) in [4.78, 5) is 11.8. The molecule has 2 heterocycles. The van der Waals surface area contributed by atoms with Crippen LogP contribution in [0.5, 0.6) is 5.75 Å². The molecule has 1 aliphatic rings. The maximum absolute atomic E-state index is 13.0. The summed E-state index contributed by atoms with van der Waals surface area (Å²) in [6.07, 6.45) is 0.669. The first-order chi connectivity index (χ1) is 15.8. The summed E-state index contributed by atoms with van der Waals surface area (Å²) in [5, 5.41) is 0.511. The molecule has 33 heavy (non-hydrogen) atoms. The van der Waals surface area contributed by atoms with Gasteiger partial charge in [-0.3, -0.25) is 0 Å². The largest absolute Gasteiger partial charge is 0.497 e. The van der Waals surface area contributed by atoms with Crippen LogP contribution in [-0.2, 0) is 16.4 Å². The fourth-order valence-corrected chi connectivity index (χ4v) is 5.62. The molecule has 0 spiro atoms. The van der Waals surface area contributed by atoms with Gasteiger partial charge in [0.2, 0.25) is 10.0 Å². The van der Waals surface area contributed by atoms with Crippen LogP contribution in [-0.4, -0.2) is 56.0 Å². The molecule has 9 heteroatoms. The number of benzene rings is 2. The van der Waals surface area contributed by atoms with Crippen molar-refractivity contribution in [2.24, 2.45) is 0 Å². The number of anilines is 1. The molecule has 2 aromatic carbocycles.